The second-order valence-corrected chi connectivity index (χ2v) is 4.73. The molecule has 1 atom stereocenters. The van der Waals surface area contributed by atoms with E-state index in [-0.39, 0.29) is 0 Å². The molecule has 4 heteroatoms. The average molecular weight is 238 g/mol. The van der Waals surface area contributed by atoms with Crippen molar-refractivity contribution in [3.05, 3.63) is 18.2 Å². The maximum atomic E-state index is 11.5. The molecule has 4 nitrogen and oxygen atoms in total. The fourth-order valence-electron chi connectivity index (χ4n) is 2.13. The van der Waals surface area contributed by atoms with Gasteiger partial charge in [-0.2, -0.15) is 0 Å². The zero-order valence-corrected chi connectivity index (χ0v) is 10.9. The SMILES string of the molecule is CCCCCCC(C)(C(=O)O)n1ccnc1C. The van der Waals surface area contributed by atoms with Gasteiger partial charge in [-0.15, -0.1) is 0 Å². The van der Waals surface area contributed by atoms with Crippen LogP contribution in [-0.2, 0) is 10.3 Å². The maximum absolute atomic E-state index is 11.5. The lowest BCUT2D eigenvalue weighted by molar-refractivity contribution is -0.147. The molecule has 0 aromatic carbocycles. The number of unbranched alkanes of at least 4 members (excludes halogenated alkanes) is 3. The summed E-state index contributed by atoms with van der Waals surface area (Å²) < 4.78 is 1.77. The van der Waals surface area contributed by atoms with Crippen LogP contribution in [0.2, 0.25) is 0 Å². The summed E-state index contributed by atoms with van der Waals surface area (Å²) in [5.74, 6) is -0.0273. The van der Waals surface area contributed by atoms with E-state index in [1.54, 1.807) is 23.9 Å². The van der Waals surface area contributed by atoms with Crippen molar-refractivity contribution in [1.82, 2.24) is 9.55 Å². The van der Waals surface area contributed by atoms with Crippen LogP contribution in [0.4, 0.5) is 0 Å². The lowest BCUT2D eigenvalue weighted by Gasteiger charge is -2.27. The minimum atomic E-state index is -0.867. The van der Waals surface area contributed by atoms with Crippen LogP contribution in [0.3, 0.4) is 0 Å². The first kappa shape index (κ1) is 13.7. The van der Waals surface area contributed by atoms with Crippen LogP contribution >= 0.6 is 0 Å². The highest BCUT2D eigenvalue weighted by Gasteiger charge is 2.35. The Bertz CT molecular complexity index is 373. The van der Waals surface area contributed by atoms with Gasteiger partial charge in [-0.25, -0.2) is 9.78 Å². The lowest BCUT2D eigenvalue weighted by atomic mass is 9.93. The van der Waals surface area contributed by atoms with Crippen LogP contribution in [0.25, 0.3) is 0 Å². The first-order valence-electron chi connectivity index (χ1n) is 6.26. The lowest BCUT2D eigenvalue weighted by Crippen LogP contribution is -2.39. The van der Waals surface area contributed by atoms with Crippen molar-refractivity contribution >= 4 is 5.97 Å². The molecular formula is C13H22N2O2. The van der Waals surface area contributed by atoms with Crippen LogP contribution in [-0.4, -0.2) is 20.6 Å². The molecule has 1 aromatic heterocycles. The molecule has 17 heavy (non-hydrogen) atoms. The van der Waals surface area contributed by atoms with Crippen molar-refractivity contribution in [3.8, 4) is 0 Å². The standard InChI is InChI=1S/C13H22N2O2/c1-4-5-6-7-8-13(3,12(16)17)15-10-9-14-11(15)2/h9-10H,4-8H2,1-3H3,(H,16,17). The van der Waals surface area contributed by atoms with Crippen molar-refractivity contribution in [2.45, 2.75) is 58.4 Å². The van der Waals surface area contributed by atoms with E-state index >= 15 is 0 Å². The van der Waals surface area contributed by atoms with E-state index in [0.29, 0.717) is 6.42 Å². The second-order valence-electron chi connectivity index (χ2n) is 4.73. The molecule has 0 fully saturated rings. The summed E-state index contributed by atoms with van der Waals surface area (Å²) in [5.41, 5.74) is -0.867. The molecule has 0 aliphatic rings. The van der Waals surface area contributed by atoms with Crippen molar-refractivity contribution in [2.24, 2.45) is 0 Å². The normalized spacial score (nSPS) is 14.5. The van der Waals surface area contributed by atoms with Gasteiger partial charge >= 0.3 is 5.97 Å². The largest absolute Gasteiger partial charge is 0.479 e. The van der Waals surface area contributed by atoms with E-state index in [4.69, 9.17) is 0 Å². The Hall–Kier alpha value is -1.32. The number of aliphatic carboxylic acids is 1. The molecule has 1 aromatic rings. The van der Waals surface area contributed by atoms with Crippen molar-refractivity contribution in [2.75, 3.05) is 0 Å². The number of carboxylic acid groups (broad SMARTS) is 1. The fraction of sp³-hybridized carbons (Fsp3) is 0.692. The summed E-state index contributed by atoms with van der Waals surface area (Å²) in [6.07, 6.45) is 8.42. The topological polar surface area (TPSA) is 55.1 Å². The molecule has 0 bridgehead atoms. The van der Waals surface area contributed by atoms with Gasteiger partial charge in [0.15, 0.2) is 0 Å². The zero-order chi connectivity index (χ0) is 12.9. The van der Waals surface area contributed by atoms with E-state index in [1.807, 2.05) is 6.92 Å². The molecule has 0 aliphatic carbocycles. The van der Waals surface area contributed by atoms with Crippen molar-refractivity contribution < 1.29 is 9.90 Å². The maximum Gasteiger partial charge on any atom is 0.329 e. The Labute approximate surface area is 103 Å². The Morgan fingerprint density at radius 2 is 2.18 bits per heavy atom. The van der Waals surface area contributed by atoms with Gasteiger partial charge in [0, 0.05) is 12.4 Å². The van der Waals surface area contributed by atoms with Gasteiger partial charge in [-0.1, -0.05) is 32.6 Å². The summed E-state index contributed by atoms with van der Waals surface area (Å²) in [6.45, 7) is 5.76. The predicted octanol–water partition coefficient (Wildman–Crippen LogP) is 2.96. The summed E-state index contributed by atoms with van der Waals surface area (Å²) in [5, 5.41) is 9.44. The zero-order valence-electron chi connectivity index (χ0n) is 10.9. The van der Waals surface area contributed by atoms with Gasteiger partial charge in [0.05, 0.1) is 0 Å². The summed E-state index contributed by atoms with van der Waals surface area (Å²) >= 11 is 0. The highest BCUT2D eigenvalue weighted by atomic mass is 16.4. The third-order valence-electron chi connectivity index (χ3n) is 3.34. The number of imidazole rings is 1. The summed E-state index contributed by atoms with van der Waals surface area (Å²) in [7, 11) is 0. The van der Waals surface area contributed by atoms with Crippen LogP contribution in [0.15, 0.2) is 12.4 Å². The third kappa shape index (κ3) is 3.08. The first-order valence-corrected chi connectivity index (χ1v) is 6.26. The van der Waals surface area contributed by atoms with Crippen molar-refractivity contribution in [1.29, 1.82) is 0 Å². The van der Waals surface area contributed by atoms with Gasteiger partial charge in [-0.05, 0) is 20.3 Å². The molecule has 0 spiro atoms. The smallest absolute Gasteiger partial charge is 0.329 e. The molecule has 96 valence electrons. The highest BCUT2D eigenvalue weighted by Crippen LogP contribution is 2.25. The van der Waals surface area contributed by atoms with Crippen LogP contribution < -0.4 is 0 Å². The number of carboxylic acids is 1. The third-order valence-corrected chi connectivity index (χ3v) is 3.34. The van der Waals surface area contributed by atoms with Gasteiger partial charge in [0.25, 0.3) is 0 Å². The molecule has 0 radical (unpaired) electrons. The second kappa shape index (κ2) is 5.84. The number of hydrogen-bond acceptors (Lipinski definition) is 2. The molecule has 1 N–H and O–H groups in total. The molecule has 1 heterocycles. The minimum absolute atomic E-state index is 0.652. The molecule has 0 aliphatic heterocycles. The Balaban J connectivity index is 2.77. The Kier molecular flexibility index (Phi) is 4.73. The minimum Gasteiger partial charge on any atom is -0.479 e. The van der Waals surface area contributed by atoms with Gasteiger partial charge in [-0.3, -0.25) is 0 Å². The average Bonchev–Trinajstić information content (AvgIpc) is 2.71. The molecular weight excluding hydrogens is 216 g/mol. The monoisotopic (exact) mass is 238 g/mol. The highest BCUT2D eigenvalue weighted by molar-refractivity contribution is 5.76. The van der Waals surface area contributed by atoms with E-state index in [0.717, 1.165) is 25.1 Å². The molecule has 1 rings (SSSR count). The number of carbonyl (C=O) groups is 1. The van der Waals surface area contributed by atoms with Crippen molar-refractivity contribution in [3.63, 3.8) is 0 Å². The number of hydrogen-bond donors (Lipinski definition) is 1. The first-order chi connectivity index (χ1) is 8.02. The quantitative estimate of drug-likeness (QED) is 0.743. The Morgan fingerprint density at radius 3 is 2.65 bits per heavy atom. The van der Waals surface area contributed by atoms with Gasteiger partial charge in [0.2, 0.25) is 0 Å². The van der Waals surface area contributed by atoms with Crippen LogP contribution in [0.1, 0.15) is 51.8 Å². The Morgan fingerprint density at radius 1 is 1.47 bits per heavy atom. The van der Waals surface area contributed by atoms with Crippen LogP contribution in [0.5, 0.6) is 0 Å². The number of nitrogens with zero attached hydrogens (tertiary/aromatic N) is 2. The van der Waals surface area contributed by atoms with Crippen LogP contribution in [0, 0.1) is 6.92 Å². The molecule has 1 unspecified atom stereocenters. The van der Waals surface area contributed by atoms with E-state index in [1.165, 1.54) is 6.42 Å². The number of rotatable bonds is 7. The van der Waals surface area contributed by atoms with Gasteiger partial charge in [0.1, 0.15) is 11.4 Å². The van der Waals surface area contributed by atoms with Gasteiger partial charge < -0.3 is 9.67 Å². The molecule has 0 saturated heterocycles. The molecule has 0 amide bonds. The number of aryl methyl sites for hydroxylation is 1. The summed E-state index contributed by atoms with van der Waals surface area (Å²) in [6, 6.07) is 0. The van der Waals surface area contributed by atoms with E-state index < -0.39 is 11.5 Å². The van der Waals surface area contributed by atoms with E-state index in [9.17, 15) is 9.90 Å². The van der Waals surface area contributed by atoms with E-state index in [2.05, 4.69) is 11.9 Å². The fourth-order valence-corrected chi connectivity index (χ4v) is 2.13. The summed E-state index contributed by atoms with van der Waals surface area (Å²) in [4.78, 5) is 15.6. The predicted molar refractivity (Wildman–Crippen MR) is 67.0 cm³/mol. The number of aromatic nitrogens is 2. The molecule has 0 saturated carbocycles.